The maximum absolute atomic E-state index is 13.8. The standard InChI is InChI=1S/C29H31ClN4O3S/c1-17(2)25(34-15-21-10-11-22(30)13-23(21)28(34)36)29(37)33-12-4-5-24(33)27(35)31-14-19-6-8-20(9-7-19)26-18(3)32-16-38-26/h6-11,13,16-17,24-25H,4-5,12,14-15H2,1-3H3,(H,31,35)/t24-,25?/m0/s1. The maximum atomic E-state index is 13.8. The summed E-state index contributed by atoms with van der Waals surface area (Å²) >= 11 is 7.73. The van der Waals surface area contributed by atoms with E-state index in [2.05, 4.69) is 10.3 Å². The molecule has 3 heterocycles. The van der Waals surface area contributed by atoms with E-state index in [0.717, 1.165) is 33.7 Å². The summed E-state index contributed by atoms with van der Waals surface area (Å²) in [4.78, 5) is 49.0. The Morgan fingerprint density at radius 1 is 1.18 bits per heavy atom. The van der Waals surface area contributed by atoms with Crippen LogP contribution in [0.5, 0.6) is 0 Å². The normalized spacial score (nSPS) is 17.7. The molecule has 3 aromatic rings. The van der Waals surface area contributed by atoms with Gasteiger partial charge in [-0.25, -0.2) is 4.98 Å². The second-order valence-electron chi connectivity index (χ2n) is 10.3. The molecule has 38 heavy (non-hydrogen) atoms. The number of likely N-dealkylation sites (tertiary alicyclic amines) is 1. The van der Waals surface area contributed by atoms with Crippen LogP contribution in [0, 0.1) is 12.8 Å². The Labute approximate surface area is 231 Å². The van der Waals surface area contributed by atoms with Crippen LogP contribution in [-0.4, -0.2) is 51.1 Å². The highest BCUT2D eigenvalue weighted by atomic mass is 35.5. The Kier molecular flexibility index (Phi) is 7.54. The van der Waals surface area contributed by atoms with E-state index >= 15 is 0 Å². The zero-order chi connectivity index (χ0) is 27.0. The minimum absolute atomic E-state index is 0.110. The first kappa shape index (κ1) is 26.4. The Morgan fingerprint density at radius 3 is 2.63 bits per heavy atom. The van der Waals surface area contributed by atoms with Gasteiger partial charge in [0.2, 0.25) is 11.8 Å². The molecule has 7 nitrogen and oxygen atoms in total. The van der Waals surface area contributed by atoms with Crippen molar-refractivity contribution < 1.29 is 14.4 Å². The molecule has 0 aliphatic carbocycles. The summed E-state index contributed by atoms with van der Waals surface area (Å²) in [5.41, 5.74) is 6.34. The van der Waals surface area contributed by atoms with Crippen molar-refractivity contribution in [2.75, 3.05) is 6.54 Å². The Hall–Kier alpha value is -3.23. The highest BCUT2D eigenvalue weighted by Crippen LogP contribution is 2.32. The Balaban J connectivity index is 1.25. The summed E-state index contributed by atoms with van der Waals surface area (Å²) in [5.74, 6) is -0.634. The van der Waals surface area contributed by atoms with E-state index in [0.29, 0.717) is 36.6 Å². The largest absolute Gasteiger partial charge is 0.350 e. The number of thiazole rings is 1. The van der Waals surface area contributed by atoms with Gasteiger partial charge in [-0.15, -0.1) is 11.3 Å². The van der Waals surface area contributed by atoms with Gasteiger partial charge >= 0.3 is 0 Å². The van der Waals surface area contributed by atoms with Gasteiger partial charge in [0.15, 0.2) is 0 Å². The number of nitrogens with one attached hydrogen (secondary N) is 1. The lowest BCUT2D eigenvalue weighted by Crippen LogP contribution is -2.55. The van der Waals surface area contributed by atoms with Crippen molar-refractivity contribution >= 4 is 40.7 Å². The minimum Gasteiger partial charge on any atom is -0.350 e. The summed E-state index contributed by atoms with van der Waals surface area (Å²) in [6, 6.07) is 12.2. The smallest absolute Gasteiger partial charge is 0.255 e. The summed E-state index contributed by atoms with van der Waals surface area (Å²) < 4.78 is 0. The lowest BCUT2D eigenvalue weighted by Gasteiger charge is -2.35. The fraction of sp³-hybridized carbons (Fsp3) is 0.379. The van der Waals surface area contributed by atoms with Gasteiger partial charge in [-0.2, -0.15) is 0 Å². The minimum atomic E-state index is -0.648. The molecule has 1 N–H and O–H groups in total. The zero-order valence-corrected chi connectivity index (χ0v) is 23.3. The van der Waals surface area contributed by atoms with Gasteiger partial charge in [-0.1, -0.05) is 55.8 Å². The van der Waals surface area contributed by atoms with Crippen LogP contribution in [0.2, 0.25) is 5.02 Å². The highest BCUT2D eigenvalue weighted by molar-refractivity contribution is 7.13. The number of carbonyl (C=O) groups excluding carboxylic acids is 3. The molecule has 1 unspecified atom stereocenters. The molecule has 1 saturated heterocycles. The Morgan fingerprint density at radius 2 is 1.95 bits per heavy atom. The monoisotopic (exact) mass is 550 g/mol. The van der Waals surface area contributed by atoms with Crippen LogP contribution in [0.4, 0.5) is 0 Å². The number of benzene rings is 2. The molecule has 2 aromatic carbocycles. The van der Waals surface area contributed by atoms with Crippen molar-refractivity contribution in [2.24, 2.45) is 5.92 Å². The van der Waals surface area contributed by atoms with Crippen molar-refractivity contribution in [3.63, 3.8) is 0 Å². The lowest BCUT2D eigenvalue weighted by molar-refractivity contribution is -0.143. The number of amides is 3. The van der Waals surface area contributed by atoms with Crippen LogP contribution >= 0.6 is 22.9 Å². The van der Waals surface area contributed by atoms with Crippen LogP contribution < -0.4 is 5.32 Å². The fourth-order valence-corrected chi connectivity index (χ4v) is 6.42. The van der Waals surface area contributed by atoms with E-state index in [1.807, 2.05) is 56.6 Å². The predicted octanol–water partition coefficient (Wildman–Crippen LogP) is 5.06. The number of fused-ring (bicyclic) bond motifs is 1. The molecule has 0 saturated carbocycles. The summed E-state index contributed by atoms with van der Waals surface area (Å²) in [5, 5.41) is 3.52. The zero-order valence-electron chi connectivity index (χ0n) is 21.7. The van der Waals surface area contributed by atoms with Crippen LogP contribution in [-0.2, 0) is 22.7 Å². The molecule has 1 aromatic heterocycles. The van der Waals surface area contributed by atoms with Gasteiger partial charge < -0.3 is 15.1 Å². The molecule has 0 spiro atoms. The molecule has 1 fully saturated rings. The van der Waals surface area contributed by atoms with Crippen molar-refractivity contribution in [3.8, 4) is 10.4 Å². The topological polar surface area (TPSA) is 82.6 Å². The number of carbonyl (C=O) groups is 3. The lowest BCUT2D eigenvalue weighted by atomic mass is 10.0. The number of aromatic nitrogens is 1. The highest BCUT2D eigenvalue weighted by Gasteiger charge is 2.43. The molecular formula is C29H31ClN4O3S. The first-order valence-electron chi connectivity index (χ1n) is 12.9. The quantitative estimate of drug-likeness (QED) is 0.446. The van der Waals surface area contributed by atoms with E-state index < -0.39 is 12.1 Å². The fourth-order valence-electron chi connectivity index (χ4n) is 5.43. The molecule has 2 aliphatic heterocycles. The first-order valence-corrected chi connectivity index (χ1v) is 14.2. The van der Waals surface area contributed by atoms with E-state index in [-0.39, 0.29) is 23.6 Å². The average molecular weight is 551 g/mol. The van der Waals surface area contributed by atoms with E-state index in [1.165, 1.54) is 0 Å². The molecule has 2 atom stereocenters. The molecule has 0 bridgehead atoms. The number of rotatable bonds is 7. The SMILES string of the molecule is Cc1ncsc1-c1ccc(CNC(=O)[C@@H]2CCCN2C(=O)C(C(C)C)N2Cc3ccc(Cl)cc3C2=O)cc1. The van der Waals surface area contributed by atoms with Crippen molar-refractivity contribution in [1.29, 1.82) is 0 Å². The number of hydrogen-bond donors (Lipinski definition) is 1. The number of hydrogen-bond acceptors (Lipinski definition) is 5. The molecule has 3 amide bonds. The molecule has 5 rings (SSSR count). The summed E-state index contributed by atoms with van der Waals surface area (Å²) in [6.45, 7) is 7.12. The second-order valence-corrected chi connectivity index (χ2v) is 11.6. The molecule has 9 heteroatoms. The van der Waals surface area contributed by atoms with Crippen molar-refractivity contribution in [2.45, 2.75) is 58.8 Å². The van der Waals surface area contributed by atoms with Crippen molar-refractivity contribution in [1.82, 2.24) is 20.1 Å². The van der Waals surface area contributed by atoms with Crippen molar-refractivity contribution in [3.05, 3.63) is 75.4 Å². The third kappa shape index (κ3) is 5.07. The summed E-state index contributed by atoms with van der Waals surface area (Å²) in [7, 11) is 0. The van der Waals surface area contributed by atoms with Gasteiger partial charge in [-0.05, 0) is 54.5 Å². The third-order valence-corrected chi connectivity index (χ3v) is 8.60. The molecule has 0 radical (unpaired) electrons. The van der Waals surface area contributed by atoms with Crippen LogP contribution in [0.25, 0.3) is 10.4 Å². The molecule has 198 valence electrons. The average Bonchev–Trinajstić information content (AvgIpc) is 3.63. The number of nitrogens with zero attached hydrogens (tertiary/aromatic N) is 3. The maximum Gasteiger partial charge on any atom is 0.255 e. The van der Waals surface area contributed by atoms with Gasteiger partial charge in [-0.3, -0.25) is 14.4 Å². The summed E-state index contributed by atoms with van der Waals surface area (Å²) in [6.07, 6.45) is 1.36. The first-order chi connectivity index (χ1) is 18.2. The predicted molar refractivity (Wildman–Crippen MR) is 149 cm³/mol. The van der Waals surface area contributed by atoms with Crippen LogP contribution in [0.1, 0.15) is 53.9 Å². The number of aryl methyl sites for hydroxylation is 1. The Bertz CT molecular complexity index is 1370. The van der Waals surface area contributed by atoms with E-state index in [1.54, 1.807) is 33.3 Å². The van der Waals surface area contributed by atoms with Crippen LogP contribution in [0.15, 0.2) is 48.0 Å². The van der Waals surface area contributed by atoms with Gasteiger partial charge in [0.1, 0.15) is 12.1 Å². The van der Waals surface area contributed by atoms with E-state index in [4.69, 9.17) is 11.6 Å². The second kappa shape index (κ2) is 10.9. The van der Waals surface area contributed by atoms with Gasteiger partial charge in [0, 0.05) is 30.2 Å². The van der Waals surface area contributed by atoms with Crippen LogP contribution in [0.3, 0.4) is 0 Å². The van der Waals surface area contributed by atoms with Gasteiger partial charge in [0.05, 0.1) is 16.1 Å². The van der Waals surface area contributed by atoms with Gasteiger partial charge in [0.25, 0.3) is 5.91 Å². The third-order valence-electron chi connectivity index (χ3n) is 7.39. The van der Waals surface area contributed by atoms with E-state index in [9.17, 15) is 14.4 Å². The molecular weight excluding hydrogens is 520 g/mol. The molecule has 2 aliphatic rings. The number of halogens is 1.